The average Bonchev–Trinajstić information content (AvgIpc) is 2.33. The molecule has 0 aromatic heterocycles. The first-order chi connectivity index (χ1) is 9.26. The van der Waals surface area contributed by atoms with Crippen LogP contribution in [0, 0.1) is 31.1 Å². The van der Waals surface area contributed by atoms with Gasteiger partial charge in [-0.1, -0.05) is 52.8 Å². The fraction of sp³-hybridized carbons (Fsp3) is 0.684. The molecule has 0 saturated heterocycles. The lowest BCUT2D eigenvalue weighted by molar-refractivity contribution is 0.204. The fourth-order valence-corrected chi connectivity index (χ4v) is 2.65. The highest BCUT2D eigenvalue weighted by atomic mass is 14.9. The van der Waals surface area contributed by atoms with Gasteiger partial charge in [0, 0.05) is 6.54 Å². The molecule has 0 aliphatic heterocycles. The number of hydrogen-bond acceptors (Lipinski definition) is 1. The predicted octanol–water partition coefficient (Wildman–Crippen LogP) is 4.75. The van der Waals surface area contributed by atoms with E-state index in [1.54, 1.807) is 0 Å². The molecular weight excluding hydrogens is 242 g/mol. The standard InChI is InChI=1S/C19H33N/c1-14(2)12-20-13-19(7,15(3)4)11-18-16(5)9-8-10-17(18)6/h8-10,14-15,20H,11-13H2,1-7H3. The van der Waals surface area contributed by atoms with Crippen LogP contribution in [0.4, 0.5) is 0 Å². The van der Waals surface area contributed by atoms with Crippen LogP contribution in [0.25, 0.3) is 0 Å². The molecule has 0 heterocycles. The van der Waals surface area contributed by atoms with Gasteiger partial charge in [0.25, 0.3) is 0 Å². The Bertz CT molecular complexity index is 400. The summed E-state index contributed by atoms with van der Waals surface area (Å²) < 4.78 is 0. The van der Waals surface area contributed by atoms with Crippen LogP contribution in [0.5, 0.6) is 0 Å². The molecule has 20 heavy (non-hydrogen) atoms. The van der Waals surface area contributed by atoms with E-state index in [4.69, 9.17) is 0 Å². The Morgan fingerprint density at radius 1 is 1.05 bits per heavy atom. The van der Waals surface area contributed by atoms with Crippen molar-refractivity contribution in [2.75, 3.05) is 13.1 Å². The average molecular weight is 275 g/mol. The van der Waals surface area contributed by atoms with E-state index in [1.165, 1.54) is 16.7 Å². The van der Waals surface area contributed by atoms with Crippen molar-refractivity contribution in [2.24, 2.45) is 17.3 Å². The maximum atomic E-state index is 3.67. The van der Waals surface area contributed by atoms with Crippen molar-refractivity contribution < 1.29 is 0 Å². The zero-order valence-electron chi connectivity index (χ0n) is 14.5. The highest BCUT2D eigenvalue weighted by molar-refractivity contribution is 5.34. The lowest BCUT2D eigenvalue weighted by atomic mass is 9.73. The van der Waals surface area contributed by atoms with Gasteiger partial charge in [0.2, 0.25) is 0 Å². The van der Waals surface area contributed by atoms with Crippen molar-refractivity contribution in [2.45, 2.75) is 54.9 Å². The molecule has 1 unspecified atom stereocenters. The monoisotopic (exact) mass is 275 g/mol. The van der Waals surface area contributed by atoms with Crippen LogP contribution in [-0.4, -0.2) is 13.1 Å². The van der Waals surface area contributed by atoms with Gasteiger partial charge in [-0.3, -0.25) is 0 Å². The maximum absolute atomic E-state index is 3.67. The molecule has 0 radical (unpaired) electrons. The molecular formula is C19H33N. The van der Waals surface area contributed by atoms with Gasteiger partial charge in [-0.15, -0.1) is 0 Å². The molecule has 1 aromatic carbocycles. The summed E-state index contributed by atoms with van der Waals surface area (Å²) >= 11 is 0. The molecule has 0 aliphatic rings. The Labute approximate surface area is 126 Å². The Hall–Kier alpha value is -0.820. The number of aryl methyl sites for hydroxylation is 2. The lowest BCUT2D eigenvalue weighted by Crippen LogP contribution is -2.39. The largest absolute Gasteiger partial charge is 0.316 e. The van der Waals surface area contributed by atoms with Gasteiger partial charge in [0.05, 0.1) is 0 Å². The SMILES string of the molecule is Cc1cccc(C)c1CC(C)(CNCC(C)C)C(C)C. The second kappa shape index (κ2) is 7.26. The normalized spacial score (nSPS) is 14.8. The summed E-state index contributed by atoms with van der Waals surface area (Å²) in [4.78, 5) is 0. The highest BCUT2D eigenvalue weighted by Crippen LogP contribution is 2.33. The van der Waals surface area contributed by atoms with E-state index in [0.29, 0.717) is 17.3 Å². The van der Waals surface area contributed by atoms with E-state index >= 15 is 0 Å². The van der Waals surface area contributed by atoms with Crippen LogP contribution in [0.1, 0.15) is 51.3 Å². The van der Waals surface area contributed by atoms with Crippen LogP contribution in [0.15, 0.2) is 18.2 Å². The maximum Gasteiger partial charge on any atom is 0.00109 e. The molecule has 1 heteroatoms. The molecule has 0 amide bonds. The summed E-state index contributed by atoms with van der Waals surface area (Å²) in [6.45, 7) is 18.4. The van der Waals surface area contributed by atoms with Crippen molar-refractivity contribution in [1.82, 2.24) is 5.32 Å². The minimum absolute atomic E-state index is 0.311. The summed E-state index contributed by atoms with van der Waals surface area (Å²) in [7, 11) is 0. The van der Waals surface area contributed by atoms with Gasteiger partial charge >= 0.3 is 0 Å². The van der Waals surface area contributed by atoms with Crippen LogP contribution < -0.4 is 5.32 Å². The van der Waals surface area contributed by atoms with E-state index in [1.807, 2.05) is 0 Å². The number of benzene rings is 1. The lowest BCUT2D eigenvalue weighted by Gasteiger charge is -2.35. The molecule has 0 spiro atoms. The van der Waals surface area contributed by atoms with E-state index in [9.17, 15) is 0 Å². The van der Waals surface area contributed by atoms with Crippen molar-refractivity contribution in [1.29, 1.82) is 0 Å². The van der Waals surface area contributed by atoms with Gasteiger partial charge in [0.15, 0.2) is 0 Å². The zero-order chi connectivity index (χ0) is 15.3. The Balaban J connectivity index is 2.86. The predicted molar refractivity (Wildman–Crippen MR) is 90.3 cm³/mol. The number of rotatable bonds is 7. The van der Waals surface area contributed by atoms with E-state index in [0.717, 1.165) is 19.5 Å². The van der Waals surface area contributed by atoms with E-state index in [-0.39, 0.29) is 0 Å². The van der Waals surface area contributed by atoms with Crippen LogP contribution >= 0.6 is 0 Å². The zero-order valence-corrected chi connectivity index (χ0v) is 14.5. The van der Waals surface area contributed by atoms with Gasteiger partial charge in [-0.2, -0.15) is 0 Å². The first-order valence-corrected chi connectivity index (χ1v) is 8.02. The molecule has 0 bridgehead atoms. The Morgan fingerprint density at radius 2 is 1.60 bits per heavy atom. The van der Waals surface area contributed by atoms with Gasteiger partial charge in [-0.05, 0) is 60.8 Å². The minimum Gasteiger partial charge on any atom is -0.316 e. The van der Waals surface area contributed by atoms with Crippen molar-refractivity contribution in [3.63, 3.8) is 0 Å². The molecule has 0 fully saturated rings. The molecule has 114 valence electrons. The Kier molecular flexibility index (Phi) is 6.26. The Morgan fingerprint density at radius 3 is 2.05 bits per heavy atom. The summed E-state index contributed by atoms with van der Waals surface area (Å²) in [6.07, 6.45) is 1.16. The highest BCUT2D eigenvalue weighted by Gasteiger charge is 2.29. The third kappa shape index (κ3) is 4.63. The van der Waals surface area contributed by atoms with Crippen molar-refractivity contribution in [3.05, 3.63) is 34.9 Å². The topological polar surface area (TPSA) is 12.0 Å². The fourth-order valence-electron chi connectivity index (χ4n) is 2.65. The van der Waals surface area contributed by atoms with Crippen LogP contribution in [-0.2, 0) is 6.42 Å². The third-order valence-electron chi connectivity index (χ3n) is 4.70. The molecule has 1 aromatic rings. The summed E-state index contributed by atoms with van der Waals surface area (Å²) in [6, 6.07) is 6.65. The smallest absolute Gasteiger partial charge is 0.00109 e. The molecule has 0 saturated carbocycles. The first-order valence-electron chi connectivity index (χ1n) is 8.02. The molecule has 0 aliphatic carbocycles. The van der Waals surface area contributed by atoms with Gasteiger partial charge < -0.3 is 5.32 Å². The second-order valence-corrected chi connectivity index (χ2v) is 7.38. The summed E-state index contributed by atoms with van der Waals surface area (Å²) in [5.41, 5.74) is 4.71. The molecule has 1 nitrogen and oxygen atoms in total. The first kappa shape index (κ1) is 17.2. The van der Waals surface area contributed by atoms with Crippen LogP contribution in [0.2, 0.25) is 0 Å². The number of hydrogen-bond donors (Lipinski definition) is 1. The van der Waals surface area contributed by atoms with Crippen LogP contribution in [0.3, 0.4) is 0 Å². The van der Waals surface area contributed by atoms with E-state index in [2.05, 4.69) is 72.0 Å². The van der Waals surface area contributed by atoms with Gasteiger partial charge in [0.1, 0.15) is 0 Å². The quantitative estimate of drug-likeness (QED) is 0.757. The summed E-state index contributed by atoms with van der Waals surface area (Å²) in [5.74, 6) is 1.38. The number of nitrogens with one attached hydrogen (secondary N) is 1. The molecule has 1 atom stereocenters. The van der Waals surface area contributed by atoms with Crippen molar-refractivity contribution in [3.8, 4) is 0 Å². The molecule has 1 rings (SSSR count). The van der Waals surface area contributed by atoms with Gasteiger partial charge in [-0.25, -0.2) is 0 Å². The second-order valence-electron chi connectivity index (χ2n) is 7.38. The minimum atomic E-state index is 0.311. The van der Waals surface area contributed by atoms with Crippen molar-refractivity contribution >= 4 is 0 Å². The molecule has 1 N–H and O–H groups in total. The third-order valence-corrected chi connectivity index (χ3v) is 4.70. The summed E-state index contributed by atoms with van der Waals surface area (Å²) in [5, 5.41) is 3.67. The van der Waals surface area contributed by atoms with E-state index < -0.39 is 0 Å².